The number of carboxylic acids is 1. The highest BCUT2D eigenvalue weighted by Gasteiger charge is 2.04. The molecule has 0 spiro atoms. The van der Waals surface area contributed by atoms with E-state index in [1.54, 1.807) is 18.2 Å². The number of amides is 1. The molecule has 0 aliphatic rings. The van der Waals surface area contributed by atoms with Crippen molar-refractivity contribution >= 4 is 23.6 Å². The molecule has 21 heavy (non-hydrogen) atoms. The number of benzene rings is 2. The number of carboxylic acid groups (broad SMARTS) is 1. The number of rotatable bonds is 4. The highest BCUT2D eigenvalue weighted by molar-refractivity contribution is 6.02. The van der Waals surface area contributed by atoms with Gasteiger partial charge in [0.1, 0.15) is 5.82 Å². The summed E-state index contributed by atoms with van der Waals surface area (Å²) in [5, 5.41) is 11.4. The van der Waals surface area contributed by atoms with Crippen LogP contribution in [0.4, 0.5) is 10.1 Å². The first-order valence-electron chi connectivity index (χ1n) is 6.12. The number of hydrogen-bond donors (Lipinski definition) is 2. The van der Waals surface area contributed by atoms with Crippen LogP contribution in [0.15, 0.2) is 54.6 Å². The number of halogens is 1. The van der Waals surface area contributed by atoms with Crippen molar-refractivity contribution in [3.8, 4) is 0 Å². The predicted molar refractivity (Wildman–Crippen MR) is 77.5 cm³/mol. The van der Waals surface area contributed by atoms with Crippen LogP contribution in [0.1, 0.15) is 15.9 Å². The Labute approximate surface area is 120 Å². The third-order valence-electron chi connectivity index (χ3n) is 2.65. The van der Waals surface area contributed by atoms with Gasteiger partial charge in [-0.3, -0.25) is 4.79 Å². The van der Waals surface area contributed by atoms with E-state index in [1.807, 2.05) is 0 Å². The smallest absolute Gasteiger partial charge is 0.335 e. The van der Waals surface area contributed by atoms with Gasteiger partial charge >= 0.3 is 5.97 Å². The van der Waals surface area contributed by atoms with E-state index in [-0.39, 0.29) is 11.4 Å². The van der Waals surface area contributed by atoms with Gasteiger partial charge in [-0.2, -0.15) is 0 Å². The molecule has 0 bridgehead atoms. The van der Waals surface area contributed by atoms with Gasteiger partial charge in [-0.05, 0) is 42.0 Å². The average Bonchev–Trinajstić information content (AvgIpc) is 2.45. The van der Waals surface area contributed by atoms with Gasteiger partial charge in [0, 0.05) is 11.8 Å². The molecule has 2 N–H and O–H groups in total. The van der Waals surface area contributed by atoms with Crippen LogP contribution in [0.3, 0.4) is 0 Å². The second-order valence-corrected chi connectivity index (χ2v) is 4.26. The van der Waals surface area contributed by atoms with Crippen LogP contribution in [-0.2, 0) is 4.79 Å². The molecule has 106 valence electrons. The summed E-state index contributed by atoms with van der Waals surface area (Å²) in [5.74, 6) is -1.88. The molecular formula is C16H12FNO3. The van der Waals surface area contributed by atoms with Crippen LogP contribution in [0.25, 0.3) is 6.08 Å². The Kier molecular flexibility index (Phi) is 4.46. The summed E-state index contributed by atoms with van der Waals surface area (Å²) in [5.41, 5.74) is 1.02. The fourth-order valence-corrected chi connectivity index (χ4v) is 1.70. The molecule has 0 heterocycles. The Morgan fingerprint density at radius 1 is 1.10 bits per heavy atom. The van der Waals surface area contributed by atoms with Crippen LogP contribution < -0.4 is 5.32 Å². The molecule has 0 aromatic heterocycles. The van der Waals surface area contributed by atoms with E-state index in [1.165, 1.54) is 42.5 Å². The monoisotopic (exact) mass is 285 g/mol. The van der Waals surface area contributed by atoms with Gasteiger partial charge in [0.25, 0.3) is 0 Å². The van der Waals surface area contributed by atoms with E-state index in [9.17, 15) is 14.0 Å². The average molecular weight is 285 g/mol. The normalized spacial score (nSPS) is 10.5. The van der Waals surface area contributed by atoms with Crippen LogP contribution in [0.2, 0.25) is 0 Å². The van der Waals surface area contributed by atoms with Crippen molar-refractivity contribution in [1.29, 1.82) is 0 Å². The largest absolute Gasteiger partial charge is 0.478 e. The maximum Gasteiger partial charge on any atom is 0.335 e. The molecule has 1 amide bonds. The zero-order valence-electron chi connectivity index (χ0n) is 10.9. The van der Waals surface area contributed by atoms with E-state index in [0.29, 0.717) is 11.3 Å². The summed E-state index contributed by atoms with van der Waals surface area (Å²) in [4.78, 5) is 22.5. The zero-order valence-corrected chi connectivity index (χ0v) is 10.9. The molecule has 4 nitrogen and oxygen atoms in total. The van der Waals surface area contributed by atoms with Gasteiger partial charge in [0.05, 0.1) is 5.56 Å². The Hall–Kier alpha value is -2.95. The Morgan fingerprint density at radius 2 is 1.86 bits per heavy atom. The molecule has 2 aromatic carbocycles. The fourth-order valence-electron chi connectivity index (χ4n) is 1.70. The topological polar surface area (TPSA) is 66.4 Å². The summed E-state index contributed by atoms with van der Waals surface area (Å²) < 4.78 is 13.0. The summed E-state index contributed by atoms with van der Waals surface area (Å²) in [6.45, 7) is 0. The molecule has 0 unspecified atom stereocenters. The molecule has 0 aliphatic heterocycles. The molecule has 0 aliphatic carbocycles. The first-order chi connectivity index (χ1) is 10.0. The van der Waals surface area contributed by atoms with E-state index >= 15 is 0 Å². The van der Waals surface area contributed by atoms with Crippen molar-refractivity contribution < 1.29 is 19.1 Å². The van der Waals surface area contributed by atoms with Gasteiger partial charge in [-0.15, -0.1) is 0 Å². The SMILES string of the molecule is O=C(/C=C/c1cccc(F)c1)Nc1cccc(C(=O)O)c1. The summed E-state index contributed by atoms with van der Waals surface area (Å²) in [6.07, 6.45) is 2.72. The number of hydrogen-bond acceptors (Lipinski definition) is 2. The first-order valence-corrected chi connectivity index (χ1v) is 6.12. The Morgan fingerprint density at radius 3 is 2.57 bits per heavy atom. The predicted octanol–water partition coefficient (Wildman–Crippen LogP) is 3.18. The van der Waals surface area contributed by atoms with E-state index in [4.69, 9.17) is 5.11 Å². The first kappa shape index (κ1) is 14.5. The second-order valence-electron chi connectivity index (χ2n) is 4.26. The van der Waals surface area contributed by atoms with Crippen LogP contribution >= 0.6 is 0 Å². The number of carbonyl (C=O) groups excluding carboxylic acids is 1. The van der Waals surface area contributed by atoms with Crippen molar-refractivity contribution in [1.82, 2.24) is 0 Å². The lowest BCUT2D eigenvalue weighted by atomic mass is 10.2. The van der Waals surface area contributed by atoms with Crippen molar-refractivity contribution in [2.24, 2.45) is 0 Å². The number of anilines is 1. The summed E-state index contributed by atoms with van der Waals surface area (Å²) >= 11 is 0. The lowest BCUT2D eigenvalue weighted by molar-refractivity contribution is -0.111. The van der Waals surface area contributed by atoms with Crippen molar-refractivity contribution in [3.63, 3.8) is 0 Å². The lowest BCUT2D eigenvalue weighted by Gasteiger charge is -2.03. The molecule has 0 atom stereocenters. The minimum absolute atomic E-state index is 0.0851. The molecule has 0 fully saturated rings. The van der Waals surface area contributed by atoms with E-state index in [2.05, 4.69) is 5.32 Å². The van der Waals surface area contributed by atoms with Crippen molar-refractivity contribution in [2.75, 3.05) is 5.32 Å². The quantitative estimate of drug-likeness (QED) is 0.848. The highest BCUT2D eigenvalue weighted by atomic mass is 19.1. The minimum atomic E-state index is -1.07. The third kappa shape index (κ3) is 4.28. The van der Waals surface area contributed by atoms with Crippen LogP contribution in [0.5, 0.6) is 0 Å². The third-order valence-corrected chi connectivity index (χ3v) is 2.65. The zero-order chi connectivity index (χ0) is 15.2. The maximum absolute atomic E-state index is 13.0. The Balaban J connectivity index is 2.05. The molecule has 2 rings (SSSR count). The molecule has 0 radical (unpaired) electrons. The van der Waals surface area contributed by atoms with Crippen LogP contribution in [0, 0.1) is 5.82 Å². The second kappa shape index (κ2) is 6.47. The maximum atomic E-state index is 13.0. The number of carbonyl (C=O) groups is 2. The van der Waals surface area contributed by atoms with Crippen molar-refractivity contribution in [3.05, 3.63) is 71.6 Å². The standard InChI is InChI=1S/C16H12FNO3/c17-13-5-1-3-11(9-13)7-8-15(19)18-14-6-2-4-12(10-14)16(20)21/h1-10H,(H,18,19)(H,20,21)/b8-7+. The summed E-state index contributed by atoms with van der Waals surface area (Å²) in [7, 11) is 0. The van der Waals surface area contributed by atoms with Gasteiger partial charge in [-0.25, -0.2) is 9.18 Å². The van der Waals surface area contributed by atoms with E-state index < -0.39 is 11.9 Å². The lowest BCUT2D eigenvalue weighted by Crippen LogP contribution is -2.08. The van der Waals surface area contributed by atoms with Gasteiger partial charge in [-0.1, -0.05) is 18.2 Å². The van der Waals surface area contributed by atoms with Crippen LogP contribution in [-0.4, -0.2) is 17.0 Å². The van der Waals surface area contributed by atoms with Gasteiger partial charge in [0.15, 0.2) is 0 Å². The number of aromatic carboxylic acids is 1. The molecule has 2 aromatic rings. The molecule has 5 heteroatoms. The minimum Gasteiger partial charge on any atom is -0.478 e. The van der Waals surface area contributed by atoms with E-state index in [0.717, 1.165) is 0 Å². The molecular weight excluding hydrogens is 273 g/mol. The summed E-state index contributed by atoms with van der Waals surface area (Å²) in [6, 6.07) is 11.7. The number of nitrogens with one attached hydrogen (secondary N) is 1. The van der Waals surface area contributed by atoms with Gasteiger partial charge in [0.2, 0.25) is 5.91 Å². The van der Waals surface area contributed by atoms with Gasteiger partial charge < -0.3 is 10.4 Å². The molecule has 0 saturated carbocycles. The highest BCUT2D eigenvalue weighted by Crippen LogP contribution is 2.11. The Bertz CT molecular complexity index is 710. The molecule has 0 saturated heterocycles. The fraction of sp³-hybridized carbons (Fsp3) is 0. The van der Waals surface area contributed by atoms with Crippen molar-refractivity contribution in [2.45, 2.75) is 0 Å².